The number of halogens is 2. The SMILES string of the molecule is ClCc1c(Cl)cccc1OC1CCOC2(CCSCC2)C1. The zero-order chi connectivity index (χ0) is 14.7. The second-order valence-corrected chi connectivity index (χ2v) is 7.63. The highest BCUT2D eigenvalue weighted by Crippen LogP contribution is 2.39. The lowest BCUT2D eigenvalue weighted by molar-refractivity contribution is -0.116. The van der Waals surface area contributed by atoms with Crippen LogP contribution in [0.25, 0.3) is 0 Å². The van der Waals surface area contributed by atoms with Gasteiger partial charge >= 0.3 is 0 Å². The molecule has 2 heterocycles. The summed E-state index contributed by atoms with van der Waals surface area (Å²) in [5, 5.41) is 0.679. The van der Waals surface area contributed by atoms with Crippen LogP contribution in [0.4, 0.5) is 0 Å². The highest BCUT2D eigenvalue weighted by molar-refractivity contribution is 7.99. The van der Waals surface area contributed by atoms with Gasteiger partial charge in [0.1, 0.15) is 11.9 Å². The predicted molar refractivity (Wildman–Crippen MR) is 89.9 cm³/mol. The van der Waals surface area contributed by atoms with Crippen molar-refractivity contribution in [3.8, 4) is 5.75 Å². The first-order valence-corrected chi connectivity index (χ1v) is 9.51. The number of thioether (sulfide) groups is 1. The van der Waals surface area contributed by atoms with E-state index in [2.05, 4.69) is 0 Å². The van der Waals surface area contributed by atoms with Crippen LogP contribution in [0.3, 0.4) is 0 Å². The standard InChI is InChI=1S/C16H20Cl2O2S/c17-11-13-14(18)2-1-3-15(13)20-12-4-7-19-16(10-12)5-8-21-9-6-16/h1-3,12H,4-11H2. The molecule has 2 saturated heterocycles. The van der Waals surface area contributed by atoms with Crippen LogP contribution in [0.1, 0.15) is 31.2 Å². The minimum absolute atomic E-state index is 0.0356. The van der Waals surface area contributed by atoms with Gasteiger partial charge in [-0.1, -0.05) is 17.7 Å². The Labute approximate surface area is 140 Å². The first-order chi connectivity index (χ1) is 10.2. The monoisotopic (exact) mass is 346 g/mol. The van der Waals surface area contributed by atoms with Crippen LogP contribution in [0, 0.1) is 0 Å². The molecule has 1 aromatic carbocycles. The van der Waals surface area contributed by atoms with Crippen LogP contribution in [-0.4, -0.2) is 29.8 Å². The molecule has 1 aromatic rings. The Bertz CT molecular complexity index is 484. The van der Waals surface area contributed by atoms with E-state index in [0.717, 1.165) is 43.6 Å². The van der Waals surface area contributed by atoms with Gasteiger partial charge in [-0.05, 0) is 36.5 Å². The first-order valence-electron chi connectivity index (χ1n) is 7.44. The zero-order valence-corrected chi connectivity index (χ0v) is 14.3. The molecule has 0 N–H and O–H groups in total. The molecule has 2 fully saturated rings. The van der Waals surface area contributed by atoms with E-state index in [1.165, 1.54) is 11.5 Å². The van der Waals surface area contributed by atoms with E-state index in [9.17, 15) is 0 Å². The van der Waals surface area contributed by atoms with E-state index in [1.54, 1.807) is 0 Å². The van der Waals surface area contributed by atoms with Gasteiger partial charge < -0.3 is 9.47 Å². The molecule has 1 atom stereocenters. The summed E-state index contributed by atoms with van der Waals surface area (Å²) in [5.41, 5.74) is 0.925. The minimum atomic E-state index is 0.0356. The largest absolute Gasteiger partial charge is 0.490 e. The quantitative estimate of drug-likeness (QED) is 0.725. The predicted octanol–water partition coefficient (Wildman–Crippen LogP) is 4.90. The third-order valence-corrected chi connectivity index (χ3v) is 5.96. The first kappa shape index (κ1) is 15.8. The van der Waals surface area contributed by atoms with Crippen molar-refractivity contribution >= 4 is 35.0 Å². The van der Waals surface area contributed by atoms with Crippen LogP contribution in [0.5, 0.6) is 5.75 Å². The Morgan fingerprint density at radius 2 is 2.14 bits per heavy atom. The van der Waals surface area contributed by atoms with E-state index in [0.29, 0.717) is 10.9 Å². The molecule has 0 amide bonds. The van der Waals surface area contributed by atoms with E-state index in [1.807, 2.05) is 30.0 Å². The van der Waals surface area contributed by atoms with Gasteiger partial charge in [0.2, 0.25) is 0 Å². The molecule has 0 aliphatic carbocycles. The van der Waals surface area contributed by atoms with Crippen molar-refractivity contribution in [2.24, 2.45) is 0 Å². The summed E-state index contributed by atoms with van der Waals surface area (Å²) < 4.78 is 12.3. The molecule has 3 rings (SSSR count). The molecule has 2 aliphatic rings. The highest BCUT2D eigenvalue weighted by Gasteiger charge is 2.39. The number of hydrogen-bond donors (Lipinski definition) is 0. The Balaban J connectivity index is 1.71. The number of benzene rings is 1. The van der Waals surface area contributed by atoms with Crippen LogP contribution in [-0.2, 0) is 10.6 Å². The molecule has 5 heteroatoms. The molecule has 0 aromatic heterocycles. The lowest BCUT2D eigenvalue weighted by atomic mass is 9.86. The maximum atomic E-state index is 6.23. The molecular weight excluding hydrogens is 327 g/mol. The summed E-state index contributed by atoms with van der Waals surface area (Å²) in [6.07, 6.45) is 4.37. The van der Waals surface area contributed by atoms with Crippen molar-refractivity contribution in [3.05, 3.63) is 28.8 Å². The summed E-state index contributed by atoms with van der Waals surface area (Å²) in [6, 6.07) is 5.73. The van der Waals surface area contributed by atoms with Crippen molar-refractivity contribution in [1.82, 2.24) is 0 Å². The van der Waals surface area contributed by atoms with Gasteiger partial charge in [-0.2, -0.15) is 11.8 Å². The lowest BCUT2D eigenvalue weighted by Crippen LogP contribution is -2.46. The molecule has 1 spiro atoms. The van der Waals surface area contributed by atoms with Crippen molar-refractivity contribution in [1.29, 1.82) is 0 Å². The fourth-order valence-electron chi connectivity index (χ4n) is 3.13. The van der Waals surface area contributed by atoms with Gasteiger partial charge in [0.05, 0.1) is 18.1 Å². The van der Waals surface area contributed by atoms with E-state index >= 15 is 0 Å². The van der Waals surface area contributed by atoms with Crippen LogP contribution in [0.2, 0.25) is 5.02 Å². The van der Waals surface area contributed by atoms with Crippen molar-refractivity contribution < 1.29 is 9.47 Å². The van der Waals surface area contributed by atoms with Gasteiger partial charge in [-0.3, -0.25) is 0 Å². The average molecular weight is 347 g/mol. The second-order valence-electron chi connectivity index (χ2n) is 5.73. The molecule has 0 saturated carbocycles. The third-order valence-electron chi connectivity index (χ3n) is 4.35. The summed E-state index contributed by atoms with van der Waals surface area (Å²) in [5.74, 6) is 3.58. The second kappa shape index (κ2) is 6.99. The number of alkyl halides is 1. The molecular formula is C16H20Cl2O2S. The normalized spacial score (nSPS) is 25.0. The molecule has 0 bridgehead atoms. The van der Waals surface area contributed by atoms with Crippen molar-refractivity contribution in [2.45, 2.75) is 43.3 Å². The smallest absolute Gasteiger partial charge is 0.125 e. The van der Waals surface area contributed by atoms with Gasteiger partial charge in [0, 0.05) is 23.4 Å². The van der Waals surface area contributed by atoms with E-state index in [4.69, 9.17) is 32.7 Å². The summed E-state index contributed by atoms with van der Waals surface area (Å²) in [4.78, 5) is 0. The molecule has 21 heavy (non-hydrogen) atoms. The lowest BCUT2D eigenvalue weighted by Gasteiger charge is -2.43. The van der Waals surface area contributed by atoms with E-state index < -0.39 is 0 Å². The third kappa shape index (κ3) is 3.64. The summed E-state index contributed by atoms with van der Waals surface area (Å²) in [7, 11) is 0. The Kier molecular flexibility index (Phi) is 5.26. The maximum Gasteiger partial charge on any atom is 0.125 e. The Morgan fingerprint density at radius 1 is 1.33 bits per heavy atom. The molecule has 0 radical (unpaired) electrons. The number of ether oxygens (including phenoxy) is 2. The highest BCUT2D eigenvalue weighted by atomic mass is 35.5. The van der Waals surface area contributed by atoms with Crippen molar-refractivity contribution in [3.63, 3.8) is 0 Å². The molecule has 2 nitrogen and oxygen atoms in total. The fraction of sp³-hybridized carbons (Fsp3) is 0.625. The topological polar surface area (TPSA) is 18.5 Å². The summed E-state index contributed by atoms with van der Waals surface area (Å²) in [6.45, 7) is 0.784. The number of hydrogen-bond acceptors (Lipinski definition) is 3. The van der Waals surface area contributed by atoms with Crippen molar-refractivity contribution in [2.75, 3.05) is 18.1 Å². The minimum Gasteiger partial charge on any atom is -0.490 e. The van der Waals surface area contributed by atoms with Gasteiger partial charge in [0.15, 0.2) is 0 Å². The average Bonchev–Trinajstić information content (AvgIpc) is 2.48. The maximum absolute atomic E-state index is 6.23. The molecule has 116 valence electrons. The van der Waals surface area contributed by atoms with Crippen LogP contribution in [0.15, 0.2) is 18.2 Å². The zero-order valence-electron chi connectivity index (χ0n) is 11.9. The van der Waals surface area contributed by atoms with Gasteiger partial charge in [0.25, 0.3) is 0 Å². The number of rotatable bonds is 3. The molecule has 2 aliphatic heterocycles. The Morgan fingerprint density at radius 3 is 2.90 bits per heavy atom. The fourth-order valence-corrected chi connectivity index (χ4v) is 4.95. The van der Waals surface area contributed by atoms with Gasteiger partial charge in [-0.25, -0.2) is 0 Å². The van der Waals surface area contributed by atoms with Crippen LogP contribution < -0.4 is 4.74 Å². The van der Waals surface area contributed by atoms with Gasteiger partial charge in [-0.15, -0.1) is 11.6 Å². The Hall–Kier alpha value is -0.0900. The molecule has 1 unspecified atom stereocenters. The summed E-state index contributed by atoms with van der Waals surface area (Å²) >= 11 is 14.2. The van der Waals surface area contributed by atoms with E-state index in [-0.39, 0.29) is 11.7 Å². The van der Waals surface area contributed by atoms with Crippen LogP contribution >= 0.6 is 35.0 Å².